The van der Waals surface area contributed by atoms with Crippen LogP contribution in [0.25, 0.3) is 11.5 Å². The lowest BCUT2D eigenvalue weighted by Crippen LogP contribution is -2.33. The van der Waals surface area contributed by atoms with Gasteiger partial charge >= 0.3 is 0 Å². The molecular weight excluding hydrogens is 320 g/mol. The molecule has 7 nitrogen and oxygen atoms in total. The van der Waals surface area contributed by atoms with Crippen molar-refractivity contribution in [3.63, 3.8) is 0 Å². The van der Waals surface area contributed by atoms with E-state index in [0.717, 1.165) is 5.56 Å². The molecule has 1 atom stereocenters. The quantitative estimate of drug-likeness (QED) is 0.902. The number of anilines is 1. The number of nitrogens with zero attached hydrogens (tertiary/aromatic N) is 3. The molecule has 0 aliphatic carbocycles. The van der Waals surface area contributed by atoms with Gasteiger partial charge in [-0.1, -0.05) is 12.1 Å². The number of hydrogen-bond acceptors (Lipinski definition) is 5. The molecule has 7 heteroatoms. The highest BCUT2D eigenvalue weighted by molar-refractivity contribution is 5.97. The molecule has 2 heterocycles. The normalized spacial score (nSPS) is 17.4. The highest BCUT2D eigenvalue weighted by Crippen LogP contribution is 2.23. The summed E-state index contributed by atoms with van der Waals surface area (Å²) in [5, 5.41) is 6.74. The lowest BCUT2D eigenvalue weighted by Gasteiger charge is -2.20. The topological polar surface area (TPSA) is 88.3 Å². The molecule has 1 aliphatic heterocycles. The minimum absolute atomic E-state index is 0.0358. The van der Waals surface area contributed by atoms with E-state index in [2.05, 4.69) is 15.5 Å². The highest BCUT2D eigenvalue weighted by atomic mass is 16.5. The lowest BCUT2D eigenvalue weighted by atomic mass is 10.1. The Morgan fingerprint density at radius 3 is 2.64 bits per heavy atom. The first-order chi connectivity index (χ1) is 12.0. The molecule has 0 saturated carbocycles. The summed E-state index contributed by atoms with van der Waals surface area (Å²) in [4.78, 5) is 30.4. The molecule has 0 radical (unpaired) electrons. The molecule has 1 N–H and O–H groups in total. The molecule has 0 bridgehead atoms. The molecule has 132 valence electrons. The summed E-state index contributed by atoms with van der Waals surface area (Å²) in [6.07, 6.45) is 0.981. The maximum Gasteiger partial charge on any atom is 0.257 e. The van der Waals surface area contributed by atoms with Crippen LogP contribution in [0.15, 0.2) is 28.8 Å². The molecule has 1 fully saturated rings. The second-order valence-corrected chi connectivity index (χ2v) is 6.48. The first kappa shape index (κ1) is 17.1. The number of hydrogen-bond donors (Lipinski definition) is 1. The van der Waals surface area contributed by atoms with Crippen LogP contribution in [0, 0.1) is 5.92 Å². The van der Waals surface area contributed by atoms with E-state index in [-0.39, 0.29) is 30.2 Å². The average molecular weight is 342 g/mol. The zero-order valence-electron chi connectivity index (χ0n) is 14.7. The molecule has 0 unspecified atom stereocenters. The summed E-state index contributed by atoms with van der Waals surface area (Å²) >= 11 is 0. The molecule has 2 aromatic rings. The number of rotatable bonds is 5. The Balaban J connectivity index is 1.63. The Hall–Kier alpha value is -2.70. The molecule has 2 amide bonds. The molecule has 1 aliphatic rings. The van der Waals surface area contributed by atoms with Gasteiger partial charge in [0.05, 0.1) is 5.92 Å². The summed E-state index contributed by atoms with van der Waals surface area (Å²) in [5.74, 6) is 0.721. The Morgan fingerprint density at radius 2 is 2.08 bits per heavy atom. The minimum atomic E-state index is -0.308. The fourth-order valence-corrected chi connectivity index (χ4v) is 2.86. The van der Waals surface area contributed by atoms with Crippen LogP contribution in [0.2, 0.25) is 0 Å². The van der Waals surface area contributed by atoms with E-state index in [1.165, 1.54) is 0 Å². The zero-order valence-corrected chi connectivity index (χ0v) is 14.7. The van der Waals surface area contributed by atoms with Crippen molar-refractivity contribution in [2.75, 3.05) is 11.9 Å². The van der Waals surface area contributed by atoms with Gasteiger partial charge in [0.1, 0.15) is 0 Å². The molecular formula is C18H22N4O3. The summed E-state index contributed by atoms with van der Waals surface area (Å²) in [7, 11) is 0. The minimum Gasteiger partial charge on any atom is -0.339 e. The van der Waals surface area contributed by atoms with Crippen molar-refractivity contribution < 1.29 is 14.1 Å². The Labute approximate surface area is 146 Å². The number of aryl methyl sites for hydroxylation is 1. The van der Waals surface area contributed by atoms with Gasteiger partial charge in [0.2, 0.25) is 11.8 Å². The van der Waals surface area contributed by atoms with E-state index in [0.29, 0.717) is 30.4 Å². The van der Waals surface area contributed by atoms with Crippen molar-refractivity contribution in [1.82, 2.24) is 15.0 Å². The van der Waals surface area contributed by atoms with Crippen molar-refractivity contribution in [1.29, 1.82) is 0 Å². The molecule has 1 aromatic heterocycles. The smallest absolute Gasteiger partial charge is 0.257 e. The van der Waals surface area contributed by atoms with Crippen LogP contribution in [-0.2, 0) is 16.0 Å². The maximum absolute atomic E-state index is 12.4. The van der Waals surface area contributed by atoms with Crippen molar-refractivity contribution in [3.05, 3.63) is 30.1 Å². The number of benzene rings is 1. The largest absolute Gasteiger partial charge is 0.339 e. The summed E-state index contributed by atoms with van der Waals surface area (Å²) in [5.41, 5.74) is 1.48. The number of likely N-dealkylation sites (tertiary alicyclic amines) is 1. The van der Waals surface area contributed by atoms with Crippen LogP contribution >= 0.6 is 0 Å². The van der Waals surface area contributed by atoms with Gasteiger partial charge < -0.3 is 14.7 Å². The van der Waals surface area contributed by atoms with E-state index in [1.54, 1.807) is 17.0 Å². The molecule has 1 saturated heterocycles. The van der Waals surface area contributed by atoms with Gasteiger partial charge in [0, 0.05) is 36.7 Å². The summed E-state index contributed by atoms with van der Waals surface area (Å²) in [6, 6.07) is 7.35. The Morgan fingerprint density at radius 1 is 1.36 bits per heavy atom. The first-order valence-corrected chi connectivity index (χ1v) is 8.51. The Kier molecular flexibility index (Phi) is 4.83. The predicted molar refractivity (Wildman–Crippen MR) is 92.7 cm³/mol. The first-order valence-electron chi connectivity index (χ1n) is 8.51. The number of aromatic nitrogens is 2. The molecule has 0 spiro atoms. The molecule has 25 heavy (non-hydrogen) atoms. The highest BCUT2D eigenvalue weighted by Gasteiger charge is 2.35. The van der Waals surface area contributed by atoms with Gasteiger partial charge in [0.15, 0.2) is 5.82 Å². The summed E-state index contributed by atoms with van der Waals surface area (Å²) in [6.45, 7) is 6.35. The van der Waals surface area contributed by atoms with Crippen LogP contribution in [0.1, 0.15) is 33.0 Å². The third-order valence-corrected chi connectivity index (χ3v) is 4.34. The predicted octanol–water partition coefficient (Wildman–Crippen LogP) is 2.49. The van der Waals surface area contributed by atoms with Gasteiger partial charge in [-0.15, -0.1) is 0 Å². The van der Waals surface area contributed by atoms with Crippen LogP contribution in [0.3, 0.4) is 0 Å². The van der Waals surface area contributed by atoms with Gasteiger partial charge in [0.25, 0.3) is 5.89 Å². The van der Waals surface area contributed by atoms with Crippen molar-refractivity contribution >= 4 is 17.5 Å². The standard InChI is InChI=1S/C18H22N4O3/c1-4-15-20-18(25-21-15)12-5-7-14(8-6-12)19-17(24)13-9-16(23)22(10-13)11(2)3/h5-8,11,13H,4,9-10H2,1-3H3,(H,19,24)/t13-/m0/s1. The second-order valence-electron chi connectivity index (χ2n) is 6.48. The van der Waals surface area contributed by atoms with Gasteiger partial charge in [-0.2, -0.15) is 4.98 Å². The van der Waals surface area contributed by atoms with E-state index >= 15 is 0 Å². The third kappa shape index (κ3) is 3.70. The van der Waals surface area contributed by atoms with Crippen LogP contribution in [0.4, 0.5) is 5.69 Å². The van der Waals surface area contributed by atoms with Gasteiger partial charge in [-0.25, -0.2) is 0 Å². The van der Waals surface area contributed by atoms with E-state index in [9.17, 15) is 9.59 Å². The zero-order chi connectivity index (χ0) is 18.0. The number of carbonyl (C=O) groups is 2. The third-order valence-electron chi connectivity index (χ3n) is 4.34. The maximum atomic E-state index is 12.4. The van der Waals surface area contributed by atoms with Crippen molar-refractivity contribution in [2.24, 2.45) is 5.92 Å². The lowest BCUT2D eigenvalue weighted by molar-refractivity contribution is -0.129. The number of amides is 2. The van der Waals surface area contributed by atoms with E-state index < -0.39 is 0 Å². The van der Waals surface area contributed by atoms with Crippen LogP contribution in [0.5, 0.6) is 0 Å². The molecule has 3 rings (SSSR count). The van der Waals surface area contributed by atoms with Gasteiger partial charge in [-0.05, 0) is 38.1 Å². The molecule has 1 aromatic carbocycles. The number of carbonyl (C=O) groups excluding carboxylic acids is 2. The van der Waals surface area contributed by atoms with Crippen LogP contribution < -0.4 is 5.32 Å². The fraction of sp³-hybridized carbons (Fsp3) is 0.444. The van der Waals surface area contributed by atoms with E-state index in [1.807, 2.05) is 32.9 Å². The van der Waals surface area contributed by atoms with Crippen molar-refractivity contribution in [2.45, 2.75) is 39.7 Å². The SMILES string of the molecule is CCc1noc(-c2ccc(NC(=O)[C@H]3CC(=O)N(C(C)C)C3)cc2)n1. The van der Waals surface area contributed by atoms with Crippen molar-refractivity contribution in [3.8, 4) is 11.5 Å². The van der Waals surface area contributed by atoms with E-state index in [4.69, 9.17) is 4.52 Å². The average Bonchev–Trinajstić information content (AvgIpc) is 3.22. The van der Waals surface area contributed by atoms with Gasteiger partial charge in [-0.3, -0.25) is 9.59 Å². The van der Waals surface area contributed by atoms with Crippen LogP contribution in [-0.4, -0.2) is 39.4 Å². The number of nitrogens with one attached hydrogen (secondary N) is 1. The summed E-state index contributed by atoms with van der Waals surface area (Å²) < 4.78 is 5.20. The monoisotopic (exact) mass is 342 g/mol. The fourth-order valence-electron chi connectivity index (χ4n) is 2.86. The Bertz CT molecular complexity index is 767. The second kappa shape index (κ2) is 7.04.